The Bertz CT molecular complexity index is 250. The van der Waals surface area contributed by atoms with Crippen molar-refractivity contribution in [2.24, 2.45) is 11.8 Å². The van der Waals surface area contributed by atoms with Gasteiger partial charge in [-0.2, -0.15) is 0 Å². The Labute approximate surface area is 73.2 Å². The standard InChI is InChI=1S/C11H14O/c1-8-6-7-10-9(8)4-2-3-5-11(10)12/h2,4,9-10H,1,3,5-7H2. The zero-order chi connectivity index (χ0) is 8.55. The van der Waals surface area contributed by atoms with Gasteiger partial charge in [-0.1, -0.05) is 24.3 Å². The Hall–Kier alpha value is -0.850. The molecule has 1 fully saturated rings. The zero-order valence-electron chi connectivity index (χ0n) is 7.25. The average Bonchev–Trinajstić information content (AvgIpc) is 2.30. The number of hydrogen-bond donors (Lipinski definition) is 0. The first-order valence-electron chi connectivity index (χ1n) is 4.66. The quantitative estimate of drug-likeness (QED) is 0.500. The Morgan fingerprint density at radius 1 is 1.42 bits per heavy atom. The second-order valence-electron chi connectivity index (χ2n) is 3.76. The van der Waals surface area contributed by atoms with Crippen LogP contribution in [0.2, 0.25) is 0 Å². The lowest BCUT2D eigenvalue weighted by Crippen LogP contribution is -2.15. The summed E-state index contributed by atoms with van der Waals surface area (Å²) >= 11 is 0. The summed E-state index contributed by atoms with van der Waals surface area (Å²) < 4.78 is 0. The molecule has 1 saturated carbocycles. The summed E-state index contributed by atoms with van der Waals surface area (Å²) in [4.78, 5) is 11.6. The number of carbonyl (C=O) groups is 1. The van der Waals surface area contributed by atoms with Gasteiger partial charge in [-0.25, -0.2) is 0 Å². The number of allylic oxidation sites excluding steroid dienone is 3. The molecule has 0 heterocycles. The lowest BCUT2D eigenvalue weighted by atomic mass is 9.91. The van der Waals surface area contributed by atoms with E-state index in [0.717, 1.165) is 25.7 Å². The highest BCUT2D eigenvalue weighted by molar-refractivity contribution is 5.83. The van der Waals surface area contributed by atoms with Crippen LogP contribution in [0, 0.1) is 11.8 Å². The summed E-state index contributed by atoms with van der Waals surface area (Å²) in [5.41, 5.74) is 1.26. The maximum Gasteiger partial charge on any atom is 0.137 e. The molecule has 0 saturated heterocycles. The number of fused-ring (bicyclic) bond motifs is 1. The molecule has 0 radical (unpaired) electrons. The fourth-order valence-corrected chi connectivity index (χ4v) is 2.26. The van der Waals surface area contributed by atoms with Crippen LogP contribution in [0.4, 0.5) is 0 Å². The largest absolute Gasteiger partial charge is 0.299 e. The van der Waals surface area contributed by atoms with Crippen LogP contribution in [0.25, 0.3) is 0 Å². The molecule has 2 unspecified atom stereocenters. The summed E-state index contributed by atoms with van der Waals surface area (Å²) in [6.45, 7) is 4.01. The smallest absolute Gasteiger partial charge is 0.137 e. The minimum absolute atomic E-state index is 0.274. The number of rotatable bonds is 0. The van der Waals surface area contributed by atoms with Gasteiger partial charge in [0.05, 0.1) is 0 Å². The molecule has 0 aromatic carbocycles. The van der Waals surface area contributed by atoms with Crippen molar-refractivity contribution in [3.05, 3.63) is 24.3 Å². The van der Waals surface area contributed by atoms with E-state index in [1.165, 1.54) is 5.57 Å². The number of carbonyl (C=O) groups excluding carboxylic acids is 1. The third kappa shape index (κ3) is 1.13. The van der Waals surface area contributed by atoms with E-state index in [-0.39, 0.29) is 5.92 Å². The first-order valence-corrected chi connectivity index (χ1v) is 4.66. The Morgan fingerprint density at radius 2 is 2.25 bits per heavy atom. The van der Waals surface area contributed by atoms with Gasteiger partial charge < -0.3 is 0 Å². The summed E-state index contributed by atoms with van der Waals surface area (Å²) in [7, 11) is 0. The van der Waals surface area contributed by atoms with E-state index in [4.69, 9.17) is 0 Å². The molecular weight excluding hydrogens is 148 g/mol. The number of ketones is 1. The molecule has 0 spiro atoms. The average molecular weight is 162 g/mol. The molecular formula is C11H14O. The van der Waals surface area contributed by atoms with Crippen LogP contribution >= 0.6 is 0 Å². The van der Waals surface area contributed by atoms with Crippen LogP contribution in [0.15, 0.2) is 24.3 Å². The molecule has 0 aliphatic heterocycles. The molecule has 64 valence electrons. The predicted molar refractivity (Wildman–Crippen MR) is 48.7 cm³/mol. The van der Waals surface area contributed by atoms with Crippen LogP contribution in [-0.2, 0) is 4.79 Å². The number of hydrogen-bond acceptors (Lipinski definition) is 1. The van der Waals surface area contributed by atoms with Gasteiger partial charge in [0.2, 0.25) is 0 Å². The molecule has 2 rings (SSSR count). The van der Waals surface area contributed by atoms with Crippen molar-refractivity contribution in [1.29, 1.82) is 0 Å². The van der Waals surface area contributed by atoms with Crippen molar-refractivity contribution < 1.29 is 4.79 Å². The molecule has 0 bridgehead atoms. The highest BCUT2D eigenvalue weighted by Gasteiger charge is 2.33. The maximum atomic E-state index is 11.6. The van der Waals surface area contributed by atoms with Gasteiger partial charge in [0.25, 0.3) is 0 Å². The molecule has 12 heavy (non-hydrogen) atoms. The number of Topliss-reactive ketones (excluding diaryl/α,β-unsaturated/α-hetero) is 1. The SMILES string of the molecule is C=C1CCC2C(=O)CCC=CC12. The normalized spacial score (nSPS) is 35.0. The lowest BCUT2D eigenvalue weighted by Gasteiger charge is -2.12. The van der Waals surface area contributed by atoms with Crippen molar-refractivity contribution in [3.8, 4) is 0 Å². The zero-order valence-corrected chi connectivity index (χ0v) is 7.25. The van der Waals surface area contributed by atoms with Crippen molar-refractivity contribution in [3.63, 3.8) is 0 Å². The third-order valence-corrected chi connectivity index (χ3v) is 3.00. The van der Waals surface area contributed by atoms with Crippen molar-refractivity contribution >= 4 is 5.78 Å². The molecule has 2 aliphatic rings. The van der Waals surface area contributed by atoms with Gasteiger partial charge in [0.1, 0.15) is 5.78 Å². The van der Waals surface area contributed by atoms with E-state index in [0.29, 0.717) is 11.7 Å². The molecule has 0 aromatic rings. The van der Waals surface area contributed by atoms with Gasteiger partial charge >= 0.3 is 0 Å². The van der Waals surface area contributed by atoms with Crippen molar-refractivity contribution in [2.45, 2.75) is 25.7 Å². The third-order valence-electron chi connectivity index (χ3n) is 3.00. The second kappa shape index (κ2) is 2.89. The minimum Gasteiger partial charge on any atom is -0.299 e. The molecule has 1 nitrogen and oxygen atoms in total. The molecule has 0 amide bonds. The van der Waals surface area contributed by atoms with E-state index in [9.17, 15) is 4.79 Å². The van der Waals surface area contributed by atoms with Gasteiger partial charge in [-0.05, 0) is 19.3 Å². The molecule has 0 aromatic heterocycles. The monoisotopic (exact) mass is 162 g/mol. The van der Waals surface area contributed by atoms with E-state index < -0.39 is 0 Å². The van der Waals surface area contributed by atoms with Gasteiger partial charge in [0.15, 0.2) is 0 Å². The van der Waals surface area contributed by atoms with Crippen LogP contribution < -0.4 is 0 Å². The van der Waals surface area contributed by atoms with Crippen LogP contribution in [0.5, 0.6) is 0 Å². The minimum atomic E-state index is 0.274. The van der Waals surface area contributed by atoms with Crippen molar-refractivity contribution in [1.82, 2.24) is 0 Å². The summed E-state index contributed by atoms with van der Waals surface area (Å²) in [6.07, 6.45) is 8.08. The Kier molecular flexibility index (Phi) is 1.87. The lowest BCUT2D eigenvalue weighted by molar-refractivity contribution is -0.123. The highest BCUT2D eigenvalue weighted by Crippen LogP contribution is 2.39. The fraction of sp³-hybridized carbons (Fsp3) is 0.545. The summed E-state index contributed by atoms with van der Waals surface area (Å²) in [5.74, 6) is 1.10. The second-order valence-corrected chi connectivity index (χ2v) is 3.76. The Balaban J connectivity index is 2.26. The van der Waals surface area contributed by atoms with Crippen LogP contribution in [0.1, 0.15) is 25.7 Å². The molecule has 1 heteroatoms. The molecule has 2 atom stereocenters. The van der Waals surface area contributed by atoms with Crippen LogP contribution in [0.3, 0.4) is 0 Å². The van der Waals surface area contributed by atoms with Crippen LogP contribution in [-0.4, -0.2) is 5.78 Å². The van der Waals surface area contributed by atoms with Gasteiger partial charge in [0, 0.05) is 18.3 Å². The van der Waals surface area contributed by atoms with Gasteiger partial charge in [-0.3, -0.25) is 4.79 Å². The summed E-state index contributed by atoms with van der Waals surface area (Å²) in [6, 6.07) is 0. The predicted octanol–water partition coefficient (Wildman–Crippen LogP) is 2.49. The van der Waals surface area contributed by atoms with E-state index >= 15 is 0 Å². The topological polar surface area (TPSA) is 17.1 Å². The van der Waals surface area contributed by atoms with E-state index in [1.54, 1.807) is 0 Å². The highest BCUT2D eigenvalue weighted by atomic mass is 16.1. The van der Waals surface area contributed by atoms with Gasteiger partial charge in [-0.15, -0.1) is 0 Å². The van der Waals surface area contributed by atoms with Crippen molar-refractivity contribution in [2.75, 3.05) is 0 Å². The fourth-order valence-electron chi connectivity index (χ4n) is 2.26. The van der Waals surface area contributed by atoms with E-state index in [2.05, 4.69) is 18.7 Å². The van der Waals surface area contributed by atoms with E-state index in [1.807, 2.05) is 0 Å². The Morgan fingerprint density at radius 3 is 3.08 bits per heavy atom. The summed E-state index contributed by atoms with van der Waals surface area (Å²) in [5, 5.41) is 0. The first-order chi connectivity index (χ1) is 5.79. The molecule has 2 aliphatic carbocycles. The molecule has 0 N–H and O–H groups in total. The maximum absolute atomic E-state index is 11.6. The first kappa shape index (κ1) is 7.78.